The molecule has 0 bridgehead atoms. The number of imidazole rings is 1. The highest BCUT2D eigenvalue weighted by Crippen LogP contribution is 2.33. The molecule has 1 aromatic carbocycles. The molecular formula is C25H25N5O4. The number of nitrogens with one attached hydrogen (secondary N) is 1. The molecule has 2 aliphatic heterocycles. The summed E-state index contributed by atoms with van der Waals surface area (Å²) in [5.41, 5.74) is 4.98. The van der Waals surface area contributed by atoms with Crippen LogP contribution >= 0.6 is 0 Å². The average molecular weight is 460 g/mol. The Morgan fingerprint density at radius 1 is 1.15 bits per heavy atom. The molecular weight excluding hydrogens is 434 g/mol. The third-order valence-electron chi connectivity index (χ3n) is 6.96. The van der Waals surface area contributed by atoms with Crippen molar-refractivity contribution in [2.45, 2.75) is 32.1 Å². The molecule has 9 nitrogen and oxygen atoms in total. The molecule has 34 heavy (non-hydrogen) atoms. The number of aryl methyl sites for hydroxylation is 1. The zero-order chi connectivity index (χ0) is 23.4. The molecule has 0 aliphatic carbocycles. The van der Waals surface area contributed by atoms with Crippen molar-refractivity contribution < 1.29 is 14.3 Å². The molecule has 0 saturated carbocycles. The predicted octanol–water partition coefficient (Wildman–Crippen LogP) is 2.98. The molecule has 0 unspecified atom stereocenters. The monoisotopic (exact) mass is 459 g/mol. The van der Waals surface area contributed by atoms with Gasteiger partial charge in [-0.2, -0.15) is 0 Å². The maximum absolute atomic E-state index is 13.6. The Bertz CT molecular complexity index is 1500. The number of amides is 1. The number of aromatic nitrogens is 4. The van der Waals surface area contributed by atoms with E-state index in [1.54, 1.807) is 30.5 Å². The zero-order valence-corrected chi connectivity index (χ0v) is 19.1. The SMILES string of the molecule is COc1cc2c(cn1)N(C(=O)c1cc3[nH]c(=O)c4cnc(C5CCOCC5)n4c3cc1C)CC2. The van der Waals surface area contributed by atoms with Gasteiger partial charge in [0, 0.05) is 37.3 Å². The number of methoxy groups -OCH3 is 1. The maximum Gasteiger partial charge on any atom is 0.274 e. The summed E-state index contributed by atoms with van der Waals surface area (Å²) in [7, 11) is 1.58. The van der Waals surface area contributed by atoms with Gasteiger partial charge in [-0.05, 0) is 49.4 Å². The van der Waals surface area contributed by atoms with Gasteiger partial charge in [0.05, 0.1) is 36.2 Å². The van der Waals surface area contributed by atoms with Crippen LogP contribution in [-0.2, 0) is 11.2 Å². The van der Waals surface area contributed by atoms with Gasteiger partial charge >= 0.3 is 0 Å². The first-order valence-corrected chi connectivity index (χ1v) is 11.5. The van der Waals surface area contributed by atoms with Crippen LogP contribution in [0.15, 0.2) is 35.4 Å². The normalized spacial score (nSPS) is 16.4. The molecule has 2 aliphatic rings. The Balaban J connectivity index is 1.45. The molecule has 9 heteroatoms. The molecule has 1 amide bonds. The van der Waals surface area contributed by atoms with E-state index in [1.807, 2.05) is 23.5 Å². The lowest BCUT2D eigenvalue weighted by Gasteiger charge is -2.22. The van der Waals surface area contributed by atoms with Gasteiger partial charge in [-0.3, -0.25) is 14.0 Å². The Labute approximate surface area is 195 Å². The van der Waals surface area contributed by atoms with Crippen LogP contribution in [0.3, 0.4) is 0 Å². The van der Waals surface area contributed by atoms with Crippen molar-refractivity contribution in [3.05, 3.63) is 63.5 Å². The topological polar surface area (TPSA) is 102 Å². The van der Waals surface area contributed by atoms with E-state index in [-0.39, 0.29) is 17.4 Å². The molecule has 4 aromatic rings. The summed E-state index contributed by atoms with van der Waals surface area (Å²) in [4.78, 5) is 40.1. The molecule has 0 spiro atoms. The van der Waals surface area contributed by atoms with E-state index in [0.29, 0.717) is 42.2 Å². The number of ether oxygens (including phenoxy) is 2. The lowest BCUT2D eigenvalue weighted by Crippen LogP contribution is -2.29. The van der Waals surface area contributed by atoms with E-state index >= 15 is 0 Å². The number of carbonyl (C=O) groups excluding carboxylic acids is 1. The van der Waals surface area contributed by atoms with Crippen molar-refractivity contribution in [1.29, 1.82) is 0 Å². The molecule has 0 radical (unpaired) electrons. The van der Waals surface area contributed by atoms with Crippen LogP contribution in [0.4, 0.5) is 5.69 Å². The van der Waals surface area contributed by atoms with Gasteiger partial charge in [0.25, 0.3) is 11.5 Å². The van der Waals surface area contributed by atoms with Gasteiger partial charge in [-0.25, -0.2) is 9.97 Å². The fraction of sp³-hybridized carbons (Fsp3) is 0.360. The molecule has 3 aromatic heterocycles. The summed E-state index contributed by atoms with van der Waals surface area (Å²) < 4.78 is 12.7. The van der Waals surface area contributed by atoms with Crippen LogP contribution in [0, 0.1) is 6.92 Å². The summed E-state index contributed by atoms with van der Waals surface area (Å²) in [6.07, 6.45) is 5.81. The first-order valence-electron chi connectivity index (χ1n) is 11.5. The highest BCUT2D eigenvalue weighted by atomic mass is 16.5. The van der Waals surface area contributed by atoms with Gasteiger partial charge in [0.1, 0.15) is 11.3 Å². The van der Waals surface area contributed by atoms with Gasteiger partial charge < -0.3 is 19.4 Å². The number of carbonyl (C=O) groups is 1. The summed E-state index contributed by atoms with van der Waals surface area (Å²) in [5, 5.41) is 0. The van der Waals surface area contributed by atoms with Crippen LogP contribution in [0.25, 0.3) is 16.6 Å². The molecule has 6 rings (SSSR count). The van der Waals surface area contributed by atoms with E-state index in [4.69, 9.17) is 9.47 Å². The van der Waals surface area contributed by atoms with Gasteiger partial charge in [-0.1, -0.05) is 0 Å². The number of fused-ring (bicyclic) bond motifs is 4. The second kappa shape index (κ2) is 7.95. The number of aromatic amines is 1. The summed E-state index contributed by atoms with van der Waals surface area (Å²) in [5.74, 6) is 1.54. The Morgan fingerprint density at radius 3 is 2.76 bits per heavy atom. The summed E-state index contributed by atoms with van der Waals surface area (Å²) >= 11 is 0. The van der Waals surface area contributed by atoms with Gasteiger partial charge in [0.2, 0.25) is 5.88 Å². The second-order valence-corrected chi connectivity index (χ2v) is 8.92. The number of rotatable bonds is 3. The Hall–Kier alpha value is -3.72. The molecule has 174 valence electrons. The molecule has 1 fully saturated rings. The Morgan fingerprint density at radius 2 is 1.97 bits per heavy atom. The lowest BCUT2D eigenvalue weighted by molar-refractivity contribution is 0.0835. The predicted molar refractivity (Wildman–Crippen MR) is 127 cm³/mol. The summed E-state index contributed by atoms with van der Waals surface area (Å²) in [6, 6.07) is 5.64. The van der Waals surface area contributed by atoms with Crippen LogP contribution in [0.2, 0.25) is 0 Å². The largest absolute Gasteiger partial charge is 0.481 e. The second-order valence-electron chi connectivity index (χ2n) is 8.92. The van der Waals surface area contributed by atoms with Crippen molar-refractivity contribution in [2.24, 2.45) is 0 Å². The average Bonchev–Trinajstić information content (AvgIpc) is 3.49. The van der Waals surface area contributed by atoms with E-state index in [9.17, 15) is 9.59 Å². The standard InChI is InChI=1S/C25H25N5O4/c1-14-9-19-18(28-24(31)21-13-27-23(30(19)21)15-4-7-34-8-5-15)11-17(14)25(32)29-6-3-16-10-22(33-2)26-12-20(16)29/h9-13,15H,3-8H2,1-2H3,(H,28,31). The quantitative estimate of drug-likeness (QED) is 0.505. The number of anilines is 1. The maximum atomic E-state index is 13.6. The molecule has 0 atom stereocenters. The van der Waals surface area contributed by atoms with E-state index in [0.717, 1.165) is 47.4 Å². The van der Waals surface area contributed by atoms with Crippen LogP contribution in [-0.4, -0.2) is 52.1 Å². The molecule has 1 N–H and O–H groups in total. The van der Waals surface area contributed by atoms with Crippen molar-refractivity contribution in [3.63, 3.8) is 0 Å². The third-order valence-corrected chi connectivity index (χ3v) is 6.96. The zero-order valence-electron chi connectivity index (χ0n) is 19.1. The molecule has 5 heterocycles. The van der Waals surface area contributed by atoms with E-state index in [1.165, 1.54) is 0 Å². The van der Waals surface area contributed by atoms with Crippen LogP contribution < -0.4 is 15.2 Å². The number of pyridine rings is 1. The smallest absolute Gasteiger partial charge is 0.274 e. The van der Waals surface area contributed by atoms with Crippen molar-refractivity contribution in [3.8, 4) is 5.88 Å². The van der Waals surface area contributed by atoms with E-state index in [2.05, 4.69) is 15.0 Å². The van der Waals surface area contributed by atoms with E-state index < -0.39 is 0 Å². The lowest BCUT2D eigenvalue weighted by atomic mass is 9.99. The minimum atomic E-state index is -0.219. The van der Waals surface area contributed by atoms with Crippen molar-refractivity contribution >= 4 is 28.1 Å². The van der Waals surface area contributed by atoms with Crippen LogP contribution in [0.1, 0.15) is 46.1 Å². The van der Waals surface area contributed by atoms with Gasteiger partial charge in [0.15, 0.2) is 0 Å². The van der Waals surface area contributed by atoms with Crippen molar-refractivity contribution in [2.75, 3.05) is 31.8 Å². The fourth-order valence-corrected chi connectivity index (χ4v) is 5.15. The number of benzene rings is 1. The number of hydrogen-bond donors (Lipinski definition) is 1. The first-order chi connectivity index (χ1) is 16.5. The number of nitrogens with zero attached hydrogens (tertiary/aromatic N) is 4. The summed E-state index contributed by atoms with van der Waals surface area (Å²) in [6.45, 7) is 3.89. The minimum Gasteiger partial charge on any atom is -0.481 e. The third kappa shape index (κ3) is 3.19. The number of hydrogen-bond acceptors (Lipinski definition) is 6. The van der Waals surface area contributed by atoms with Gasteiger partial charge in [-0.15, -0.1) is 0 Å². The molecule has 1 saturated heterocycles. The highest BCUT2D eigenvalue weighted by Gasteiger charge is 2.28. The van der Waals surface area contributed by atoms with Crippen molar-refractivity contribution in [1.82, 2.24) is 19.4 Å². The fourth-order valence-electron chi connectivity index (χ4n) is 5.15. The first kappa shape index (κ1) is 20.9. The highest BCUT2D eigenvalue weighted by molar-refractivity contribution is 6.09. The van der Waals surface area contributed by atoms with Crippen LogP contribution in [0.5, 0.6) is 5.88 Å². The number of H-pyrrole nitrogens is 1. The minimum absolute atomic E-state index is 0.110. The Kier molecular flexibility index (Phi) is 4.88.